The molecule has 3 aromatic rings. The number of carbonyl (C=O) groups excluding carboxylic acids is 1. The molecule has 134 valence electrons. The number of nitrogens with one attached hydrogen (secondary N) is 1. The largest absolute Gasteiger partial charge is 0.486 e. The molecule has 0 unspecified atom stereocenters. The van der Waals surface area contributed by atoms with Crippen molar-refractivity contribution < 1.29 is 9.53 Å². The lowest BCUT2D eigenvalue weighted by Crippen LogP contribution is -2.15. The molecule has 0 spiro atoms. The number of rotatable bonds is 6. The highest BCUT2D eigenvalue weighted by molar-refractivity contribution is 7.09. The Hall–Kier alpha value is -2.66. The highest BCUT2D eigenvalue weighted by Gasteiger charge is 2.10. The van der Waals surface area contributed by atoms with Crippen LogP contribution in [0, 0.1) is 20.8 Å². The molecule has 4 nitrogen and oxygen atoms in total. The molecule has 3 rings (SSSR count). The Bertz CT molecular complexity index is 901. The average Bonchev–Trinajstić information content (AvgIpc) is 3.04. The molecule has 26 heavy (non-hydrogen) atoms. The number of anilines is 1. The second-order valence-corrected chi connectivity index (χ2v) is 7.32. The third-order valence-electron chi connectivity index (χ3n) is 3.98. The Morgan fingerprint density at radius 1 is 1.08 bits per heavy atom. The smallest absolute Gasteiger partial charge is 0.230 e. The molecule has 1 amide bonds. The van der Waals surface area contributed by atoms with E-state index in [1.54, 1.807) is 0 Å². The van der Waals surface area contributed by atoms with Crippen LogP contribution in [0.25, 0.3) is 0 Å². The van der Waals surface area contributed by atoms with Gasteiger partial charge in [-0.25, -0.2) is 4.98 Å². The van der Waals surface area contributed by atoms with E-state index in [2.05, 4.69) is 16.4 Å². The number of carbonyl (C=O) groups is 1. The van der Waals surface area contributed by atoms with Crippen LogP contribution in [0.3, 0.4) is 0 Å². The number of aromatic nitrogens is 1. The van der Waals surface area contributed by atoms with Gasteiger partial charge in [0.05, 0.1) is 12.1 Å². The molecule has 0 saturated carbocycles. The van der Waals surface area contributed by atoms with Gasteiger partial charge in [0.2, 0.25) is 5.91 Å². The summed E-state index contributed by atoms with van der Waals surface area (Å²) in [7, 11) is 0. The third kappa shape index (κ3) is 4.92. The van der Waals surface area contributed by atoms with Gasteiger partial charge in [0, 0.05) is 11.1 Å². The number of hydrogen-bond acceptors (Lipinski definition) is 4. The first-order valence-corrected chi connectivity index (χ1v) is 9.37. The van der Waals surface area contributed by atoms with Gasteiger partial charge in [0.1, 0.15) is 17.4 Å². The van der Waals surface area contributed by atoms with Crippen molar-refractivity contribution in [2.45, 2.75) is 33.8 Å². The van der Waals surface area contributed by atoms with Crippen molar-refractivity contribution in [3.05, 3.63) is 75.2 Å². The predicted octanol–water partition coefficient (Wildman–Crippen LogP) is 4.83. The summed E-state index contributed by atoms with van der Waals surface area (Å²) in [5, 5.41) is 5.73. The summed E-state index contributed by atoms with van der Waals surface area (Å²) in [5.41, 5.74) is 5.05. The van der Waals surface area contributed by atoms with Crippen molar-refractivity contribution in [3.8, 4) is 5.75 Å². The van der Waals surface area contributed by atoms with Crippen molar-refractivity contribution in [1.82, 2.24) is 4.98 Å². The van der Waals surface area contributed by atoms with E-state index < -0.39 is 0 Å². The van der Waals surface area contributed by atoms with Gasteiger partial charge < -0.3 is 10.1 Å². The Labute approximate surface area is 157 Å². The van der Waals surface area contributed by atoms with Crippen LogP contribution < -0.4 is 10.1 Å². The Balaban J connectivity index is 1.54. The van der Waals surface area contributed by atoms with E-state index in [1.807, 2.05) is 62.5 Å². The van der Waals surface area contributed by atoms with Crippen LogP contribution >= 0.6 is 11.3 Å². The molecule has 0 aliphatic carbocycles. The first-order valence-electron chi connectivity index (χ1n) is 8.49. The van der Waals surface area contributed by atoms with Crippen molar-refractivity contribution in [1.29, 1.82) is 0 Å². The van der Waals surface area contributed by atoms with Gasteiger partial charge in [-0.3, -0.25) is 4.79 Å². The number of aryl methyl sites for hydroxylation is 3. The van der Waals surface area contributed by atoms with E-state index in [9.17, 15) is 4.79 Å². The molecule has 0 aliphatic rings. The van der Waals surface area contributed by atoms with E-state index in [4.69, 9.17) is 4.74 Å². The quantitative estimate of drug-likeness (QED) is 0.680. The molecular formula is C21H22N2O2S. The molecule has 1 N–H and O–H groups in total. The fourth-order valence-electron chi connectivity index (χ4n) is 2.59. The van der Waals surface area contributed by atoms with Gasteiger partial charge in [0.15, 0.2) is 0 Å². The van der Waals surface area contributed by atoms with Crippen LogP contribution in [0.2, 0.25) is 0 Å². The molecule has 1 heterocycles. The first-order chi connectivity index (χ1) is 12.5. The minimum atomic E-state index is -0.0618. The van der Waals surface area contributed by atoms with Gasteiger partial charge in [-0.05, 0) is 44.5 Å². The maximum Gasteiger partial charge on any atom is 0.230 e. The van der Waals surface area contributed by atoms with Gasteiger partial charge in [-0.1, -0.05) is 35.4 Å². The van der Waals surface area contributed by atoms with E-state index >= 15 is 0 Å². The van der Waals surface area contributed by atoms with Crippen molar-refractivity contribution in [2.75, 3.05) is 5.32 Å². The zero-order valence-electron chi connectivity index (χ0n) is 15.2. The number of benzene rings is 2. The number of thiazole rings is 1. The van der Waals surface area contributed by atoms with Crippen molar-refractivity contribution in [3.63, 3.8) is 0 Å². The van der Waals surface area contributed by atoms with E-state index in [0.29, 0.717) is 6.61 Å². The topological polar surface area (TPSA) is 51.2 Å². The molecule has 0 fully saturated rings. The van der Waals surface area contributed by atoms with Crippen LogP contribution in [0.4, 0.5) is 5.69 Å². The van der Waals surface area contributed by atoms with Gasteiger partial charge in [0.25, 0.3) is 0 Å². The van der Waals surface area contributed by atoms with Crippen LogP contribution in [0.1, 0.15) is 27.4 Å². The lowest BCUT2D eigenvalue weighted by atomic mass is 10.1. The summed E-state index contributed by atoms with van der Waals surface area (Å²) < 4.78 is 5.74. The van der Waals surface area contributed by atoms with Crippen LogP contribution in [0.15, 0.2) is 47.8 Å². The van der Waals surface area contributed by atoms with Gasteiger partial charge in [-0.2, -0.15) is 0 Å². The van der Waals surface area contributed by atoms with Crippen molar-refractivity contribution in [2.24, 2.45) is 0 Å². The zero-order chi connectivity index (χ0) is 18.5. The molecule has 0 radical (unpaired) electrons. The second kappa shape index (κ2) is 8.15. The Kier molecular flexibility index (Phi) is 5.68. The molecule has 0 saturated heterocycles. The number of ether oxygens (including phenoxy) is 1. The Morgan fingerprint density at radius 2 is 1.81 bits per heavy atom. The van der Waals surface area contributed by atoms with Crippen LogP contribution in [-0.2, 0) is 17.8 Å². The highest BCUT2D eigenvalue weighted by atomic mass is 32.1. The monoisotopic (exact) mass is 366 g/mol. The molecule has 0 aliphatic heterocycles. The number of nitrogens with zero attached hydrogens (tertiary/aromatic N) is 1. The van der Waals surface area contributed by atoms with Crippen LogP contribution in [-0.4, -0.2) is 10.9 Å². The SMILES string of the molecule is Cc1ccc(OCc2nc(CC(=O)Nc3ccc(C)cc3C)cs2)cc1. The van der Waals surface area contributed by atoms with Gasteiger partial charge in [-0.15, -0.1) is 11.3 Å². The van der Waals surface area contributed by atoms with E-state index in [1.165, 1.54) is 22.5 Å². The standard InChI is InChI=1S/C21H22N2O2S/c1-14-4-7-18(8-5-14)25-12-21-22-17(13-26-21)11-20(24)23-19-9-6-15(2)10-16(19)3/h4-10,13H,11-12H2,1-3H3,(H,23,24). The predicted molar refractivity (Wildman–Crippen MR) is 106 cm³/mol. The maximum atomic E-state index is 12.3. The van der Waals surface area contributed by atoms with Crippen molar-refractivity contribution >= 4 is 22.9 Å². The van der Waals surface area contributed by atoms with E-state index in [-0.39, 0.29) is 12.3 Å². The summed E-state index contributed by atoms with van der Waals surface area (Å²) >= 11 is 1.51. The lowest BCUT2D eigenvalue weighted by molar-refractivity contribution is -0.115. The summed E-state index contributed by atoms with van der Waals surface area (Å²) in [6.45, 7) is 6.48. The fourth-order valence-corrected chi connectivity index (χ4v) is 3.29. The first kappa shape index (κ1) is 18.1. The lowest BCUT2D eigenvalue weighted by Gasteiger charge is -2.08. The number of amides is 1. The minimum absolute atomic E-state index is 0.0618. The summed E-state index contributed by atoms with van der Waals surface area (Å²) in [6.07, 6.45) is 0.258. The summed E-state index contributed by atoms with van der Waals surface area (Å²) in [5.74, 6) is 0.758. The molecule has 1 aromatic heterocycles. The van der Waals surface area contributed by atoms with E-state index in [0.717, 1.165) is 27.7 Å². The average molecular weight is 366 g/mol. The minimum Gasteiger partial charge on any atom is -0.486 e. The van der Waals surface area contributed by atoms with Crippen LogP contribution in [0.5, 0.6) is 5.75 Å². The zero-order valence-corrected chi connectivity index (χ0v) is 16.0. The normalized spacial score (nSPS) is 10.6. The molecule has 0 bridgehead atoms. The van der Waals surface area contributed by atoms with Gasteiger partial charge >= 0.3 is 0 Å². The molecule has 2 aromatic carbocycles. The third-order valence-corrected chi connectivity index (χ3v) is 4.85. The maximum absolute atomic E-state index is 12.3. The Morgan fingerprint density at radius 3 is 2.54 bits per heavy atom. The second-order valence-electron chi connectivity index (χ2n) is 6.38. The summed E-state index contributed by atoms with van der Waals surface area (Å²) in [6, 6.07) is 13.9. The highest BCUT2D eigenvalue weighted by Crippen LogP contribution is 2.18. The molecular weight excluding hydrogens is 344 g/mol. The summed E-state index contributed by atoms with van der Waals surface area (Å²) in [4.78, 5) is 16.8. The fraction of sp³-hybridized carbons (Fsp3) is 0.238. The molecule has 5 heteroatoms. The molecule has 0 atom stereocenters. The number of hydrogen-bond donors (Lipinski definition) is 1.